The van der Waals surface area contributed by atoms with Crippen molar-refractivity contribution < 1.29 is 9.59 Å². The van der Waals surface area contributed by atoms with Gasteiger partial charge in [-0.25, -0.2) is 4.79 Å². The Labute approximate surface area is 158 Å². The molecular formula is C20H23N3O2S. The van der Waals surface area contributed by atoms with Crippen molar-refractivity contribution in [1.29, 1.82) is 0 Å². The van der Waals surface area contributed by atoms with E-state index in [1.54, 1.807) is 11.8 Å². The Hall–Kier alpha value is -2.47. The third kappa shape index (κ3) is 4.58. The van der Waals surface area contributed by atoms with Crippen LogP contribution in [0.3, 0.4) is 0 Å². The Balaban J connectivity index is 1.61. The van der Waals surface area contributed by atoms with E-state index in [0.29, 0.717) is 5.69 Å². The topological polar surface area (TPSA) is 61.4 Å². The molecule has 0 bridgehead atoms. The molecule has 136 valence electrons. The summed E-state index contributed by atoms with van der Waals surface area (Å²) in [5, 5.41) is 5.17. The molecule has 2 aromatic rings. The normalized spacial score (nSPS) is 13.5. The zero-order valence-corrected chi connectivity index (χ0v) is 15.9. The maximum atomic E-state index is 12.4. The van der Waals surface area contributed by atoms with Crippen LogP contribution < -0.4 is 15.5 Å². The van der Waals surface area contributed by atoms with E-state index in [4.69, 9.17) is 0 Å². The Bertz CT molecular complexity index is 822. The first-order valence-electron chi connectivity index (χ1n) is 8.68. The molecule has 0 saturated heterocycles. The Morgan fingerprint density at radius 2 is 1.96 bits per heavy atom. The van der Waals surface area contributed by atoms with Crippen LogP contribution in [-0.2, 0) is 4.79 Å². The number of nitrogens with one attached hydrogen (secondary N) is 2. The molecule has 0 unspecified atom stereocenters. The van der Waals surface area contributed by atoms with Gasteiger partial charge in [-0.05, 0) is 49.8 Å². The lowest BCUT2D eigenvalue weighted by atomic mass is 10.1. The van der Waals surface area contributed by atoms with Crippen LogP contribution in [-0.4, -0.2) is 30.8 Å². The molecule has 0 radical (unpaired) electrons. The number of hydrogen-bond donors (Lipinski definition) is 2. The van der Waals surface area contributed by atoms with Crippen LogP contribution in [0.5, 0.6) is 0 Å². The summed E-state index contributed by atoms with van der Waals surface area (Å²) in [5.41, 5.74) is 3.85. The van der Waals surface area contributed by atoms with Gasteiger partial charge in [0, 0.05) is 17.1 Å². The molecule has 0 saturated carbocycles. The van der Waals surface area contributed by atoms with Crippen LogP contribution in [0.2, 0.25) is 0 Å². The van der Waals surface area contributed by atoms with Crippen LogP contribution in [0.4, 0.5) is 16.2 Å². The SMILES string of the molecule is Cc1ccc(NC(=O)NC(=O)CN2CCCSc3ccccc32)c(C)c1. The van der Waals surface area contributed by atoms with Crippen LogP contribution in [0.25, 0.3) is 0 Å². The molecule has 3 rings (SSSR count). The number of aryl methyl sites for hydroxylation is 2. The number of amides is 3. The number of para-hydroxylation sites is 1. The number of benzene rings is 2. The zero-order chi connectivity index (χ0) is 18.5. The maximum absolute atomic E-state index is 12.4. The minimum absolute atomic E-state index is 0.165. The second-order valence-corrected chi connectivity index (χ2v) is 7.55. The van der Waals surface area contributed by atoms with E-state index in [-0.39, 0.29) is 12.5 Å². The standard InChI is InChI=1S/C20H23N3O2S/c1-14-8-9-16(15(2)12-14)21-20(25)22-19(24)13-23-10-5-11-26-18-7-4-3-6-17(18)23/h3-4,6-9,12H,5,10-11,13H2,1-2H3,(H2,21,22,24,25). The molecule has 1 aliphatic rings. The first-order chi connectivity index (χ1) is 12.5. The minimum Gasteiger partial charge on any atom is -0.361 e. The first-order valence-corrected chi connectivity index (χ1v) is 9.66. The van der Waals surface area contributed by atoms with E-state index < -0.39 is 6.03 Å². The van der Waals surface area contributed by atoms with E-state index in [1.807, 2.05) is 55.1 Å². The molecule has 5 nitrogen and oxygen atoms in total. The highest BCUT2D eigenvalue weighted by molar-refractivity contribution is 7.99. The monoisotopic (exact) mass is 369 g/mol. The molecule has 6 heteroatoms. The number of fused-ring (bicyclic) bond motifs is 1. The number of imide groups is 1. The molecule has 26 heavy (non-hydrogen) atoms. The molecule has 2 aromatic carbocycles. The lowest BCUT2D eigenvalue weighted by Gasteiger charge is -2.23. The van der Waals surface area contributed by atoms with E-state index in [2.05, 4.69) is 16.7 Å². The first kappa shape index (κ1) is 18.3. The van der Waals surface area contributed by atoms with Crippen LogP contribution in [0, 0.1) is 13.8 Å². The van der Waals surface area contributed by atoms with Gasteiger partial charge < -0.3 is 10.2 Å². The molecule has 0 aliphatic carbocycles. The average molecular weight is 369 g/mol. The number of carbonyl (C=O) groups is 2. The van der Waals surface area contributed by atoms with Gasteiger partial charge >= 0.3 is 6.03 Å². The van der Waals surface area contributed by atoms with Gasteiger partial charge in [0.05, 0.1) is 12.2 Å². The second kappa shape index (κ2) is 8.27. The van der Waals surface area contributed by atoms with Crippen LogP contribution in [0.15, 0.2) is 47.4 Å². The van der Waals surface area contributed by atoms with Gasteiger partial charge in [0.25, 0.3) is 0 Å². The van der Waals surface area contributed by atoms with Crippen molar-refractivity contribution in [3.05, 3.63) is 53.6 Å². The van der Waals surface area contributed by atoms with Gasteiger partial charge in [0.1, 0.15) is 0 Å². The van der Waals surface area contributed by atoms with Crippen LogP contribution >= 0.6 is 11.8 Å². The van der Waals surface area contributed by atoms with E-state index in [1.165, 1.54) is 4.90 Å². The van der Waals surface area contributed by atoms with Gasteiger partial charge in [-0.1, -0.05) is 29.8 Å². The fraction of sp³-hybridized carbons (Fsp3) is 0.300. The van der Waals surface area contributed by atoms with Crippen molar-refractivity contribution >= 4 is 35.1 Å². The van der Waals surface area contributed by atoms with E-state index in [9.17, 15) is 9.59 Å². The van der Waals surface area contributed by atoms with Crippen molar-refractivity contribution in [2.75, 3.05) is 29.1 Å². The molecule has 1 aliphatic heterocycles. The highest BCUT2D eigenvalue weighted by Gasteiger charge is 2.19. The number of carbonyl (C=O) groups excluding carboxylic acids is 2. The summed E-state index contributed by atoms with van der Waals surface area (Å²) in [6.45, 7) is 4.89. The highest BCUT2D eigenvalue weighted by Crippen LogP contribution is 2.33. The fourth-order valence-electron chi connectivity index (χ4n) is 3.01. The number of anilines is 2. The number of rotatable bonds is 3. The summed E-state index contributed by atoms with van der Waals surface area (Å²) in [4.78, 5) is 27.7. The minimum atomic E-state index is -0.501. The quantitative estimate of drug-likeness (QED) is 0.860. The summed E-state index contributed by atoms with van der Waals surface area (Å²) in [7, 11) is 0. The summed E-state index contributed by atoms with van der Waals surface area (Å²) in [5.74, 6) is 0.719. The smallest absolute Gasteiger partial charge is 0.325 e. The maximum Gasteiger partial charge on any atom is 0.325 e. The third-order valence-corrected chi connectivity index (χ3v) is 5.40. The summed E-state index contributed by atoms with van der Waals surface area (Å²) in [6, 6.07) is 13.3. The van der Waals surface area contributed by atoms with Crippen molar-refractivity contribution in [3.63, 3.8) is 0 Å². The summed E-state index contributed by atoms with van der Waals surface area (Å²) >= 11 is 1.81. The molecule has 2 N–H and O–H groups in total. The molecular weight excluding hydrogens is 346 g/mol. The van der Waals surface area contributed by atoms with Crippen molar-refractivity contribution in [2.45, 2.75) is 25.2 Å². The summed E-state index contributed by atoms with van der Waals surface area (Å²) in [6.07, 6.45) is 1.00. The molecule has 0 spiro atoms. The summed E-state index contributed by atoms with van der Waals surface area (Å²) < 4.78 is 0. The molecule has 0 aromatic heterocycles. The van der Waals surface area contributed by atoms with Gasteiger partial charge in [-0.15, -0.1) is 11.8 Å². The molecule has 3 amide bonds. The van der Waals surface area contributed by atoms with Crippen molar-refractivity contribution in [3.8, 4) is 0 Å². The van der Waals surface area contributed by atoms with E-state index >= 15 is 0 Å². The van der Waals surface area contributed by atoms with Crippen molar-refractivity contribution in [2.24, 2.45) is 0 Å². The predicted octanol–water partition coefficient (Wildman–Crippen LogP) is 3.95. The van der Waals surface area contributed by atoms with Crippen molar-refractivity contribution in [1.82, 2.24) is 5.32 Å². The van der Waals surface area contributed by atoms with Gasteiger partial charge in [-0.3, -0.25) is 10.1 Å². The Morgan fingerprint density at radius 1 is 1.15 bits per heavy atom. The van der Waals surface area contributed by atoms with Crippen LogP contribution in [0.1, 0.15) is 17.5 Å². The largest absolute Gasteiger partial charge is 0.361 e. The average Bonchev–Trinajstić information content (AvgIpc) is 2.80. The lowest BCUT2D eigenvalue weighted by Crippen LogP contribution is -2.42. The molecule has 0 fully saturated rings. The van der Waals surface area contributed by atoms with E-state index in [0.717, 1.165) is 35.5 Å². The zero-order valence-electron chi connectivity index (χ0n) is 15.0. The fourth-order valence-corrected chi connectivity index (χ4v) is 4.02. The van der Waals surface area contributed by atoms with Gasteiger partial charge in [0.15, 0.2) is 0 Å². The Kier molecular flexibility index (Phi) is 5.83. The lowest BCUT2D eigenvalue weighted by molar-refractivity contribution is -0.118. The Morgan fingerprint density at radius 3 is 2.77 bits per heavy atom. The number of nitrogens with zero attached hydrogens (tertiary/aromatic N) is 1. The molecule has 0 atom stereocenters. The van der Waals surface area contributed by atoms with Gasteiger partial charge in [0.2, 0.25) is 5.91 Å². The molecule has 1 heterocycles. The third-order valence-electron chi connectivity index (χ3n) is 4.25. The number of thioether (sulfide) groups is 1. The second-order valence-electron chi connectivity index (χ2n) is 6.41. The van der Waals surface area contributed by atoms with Gasteiger partial charge in [-0.2, -0.15) is 0 Å². The predicted molar refractivity (Wildman–Crippen MR) is 107 cm³/mol. The highest BCUT2D eigenvalue weighted by atomic mass is 32.2. The number of urea groups is 1. The number of hydrogen-bond acceptors (Lipinski definition) is 4.